The molecule has 21 heavy (non-hydrogen) atoms. The highest BCUT2D eigenvalue weighted by Gasteiger charge is 2.03. The van der Waals surface area contributed by atoms with Crippen molar-refractivity contribution >= 4 is 17.2 Å². The molecular formula is C17H20N2OS. The minimum absolute atomic E-state index is 0.438. The van der Waals surface area contributed by atoms with E-state index in [1.54, 1.807) is 7.11 Å². The number of hydrogen-bond acceptors (Lipinski definition) is 3. The molecule has 0 spiro atoms. The average molecular weight is 300 g/mol. The van der Waals surface area contributed by atoms with E-state index < -0.39 is 0 Å². The van der Waals surface area contributed by atoms with Gasteiger partial charge in [0.25, 0.3) is 0 Å². The van der Waals surface area contributed by atoms with Gasteiger partial charge in [0.2, 0.25) is 0 Å². The van der Waals surface area contributed by atoms with E-state index in [2.05, 4.69) is 36.2 Å². The molecule has 0 fully saturated rings. The smallest absolute Gasteiger partial charge is 0.118 e. The molecule has 0 heterocycles. The van der Waals surface area contributed by atoms with Crippen molar-refractivity contribution in [2.75, 3.05) is 14.2 Å². The van der Waals surface area contributed by atoms with Gasteiger partial charge in [0, 0.05) is 18.7 Å². The third-order valence-corrected chi connectivity index (χ3v) is 3.54. The Labute approximate surface area is 131 Å². The van der Waals surface area contributed by atoms with Crippen molar-refractivity contribution in [2.24, 2.45) is 5.73 Å². The molecule has 0 aliphatic carbocycles. The van der Waals surface area contributed by atoms with Gasteiger partial charge in [0.1, 0.15) is 10.7 Å². The molecular weight excluding hydrogens is 280 g/mol. The van der Waals surface area contributed by atoms with Crippen LogP contribution in [0.1, 0.15) is 16.7 Å². The molecule has 0 aliphatic rings. The quantitative estimate of drug-likeness (QED) is 0.833. The van der Waals surface area contributed by atoms with Crippen LogP contribution < -0.4 is 10.5 Å². The van der Waals surface area contributed by atoms with Crippen LogP contribution in [0.15, 0.2) is 48.5 Å². The van der Waals surface area contributed by atoms with Gasteiger partial charge < -0.3 is 10.5 Å². The zero-order valence-electron chi connectivity index (χ0n) is 12.4. The first-order valence-corrected chi connectivity index (χ1v) is 7.19. The zero-order chi connectivity index (χ0) is 15.2. The van der Waals surface area contributed by atoms with Crippen molar-refractivity contribution in [3.63, 3.8) is 0 Å². The number of nitrogens with zero attached hydrogens (tertiary/aromatic N) is 1. The average Bonchev–Trinajstić information content (AvgIpc) is 2.48. The maximum atomic E-state index is 5.60. The topological polar surface area (TPSA) is 38.5 Å². The summed E-state index contributed by atoms with van der Waals surface area (Å²) in [4.78, 5) is 2.70. The Morgan fingerprint density at radius 2 is 1.48 bits per heavy atom. The lowest BCUT2D eigenvalue weighted by atomic mass is 10.1. The number of nitrogens with two attached hydrogens (primary N) is 1. The molecule has 2 aromatic rings. The van der Waals surface area contributed by atoms with Crippen molar-refractivity contribution in [2.45, 2.75) is 13.1 Å². The van der Waals surface area contributed by atoms with Crippen LogP contribution in [0.2, 0.25) is 0 Å². The van der Waals surface area contributed by atoms with Crippen molar-refractivity contribution in [1.82, 2.24) is 4.90 Å². The molecule has 0 unspecified atom stereocenters. The third kappa shape index (κ3) is 4.55. The fraction of sp³-hybridized carbons (Fsp3) is 0.235. The van der Waals surface area contributed by atoms with Gasteiger partial charge in [0.15, 0.2) is 0 Å². The minimum atomic E-state index is 0.438. The molecule has 3 nitrogen and oxygen atoms in total. The molecule has 4 heteroatoms. The number of ether oxygens (including phenoxy) is 1. The van der Waals surface area contributed by atoms with Crippen LogP contribution >= 0.6 is 12.2 Å². The van der Waals surface area contributed by atoms with Crippen LogP contribution in [0, 0.1) is 0 Å². The number of rotatable bonds is 6. The van der Waals surface area contributed by atoms with Crippen molar-refractivity contribution < 1.29 is 4.74 Å². The van der Waals surface area contributed by atoms with E-state index in [0.717, 1.165) is 24.4 Å². The second-order valence-electron chi connectivity index (χ2n) is 5.08. The van der Waals surface area contributed by atoms with Crippen LogP contribution in [0.25, 0.3) is 0 Å². The summed E-state index contributed by atoms with van der Waals surface area (Å²) in [6.45, 7) is 1.77. The van der Waals surface area contributed by atoms with Gasteiger partial charge in [-0.05, 0) is 30.3 Å². The Bertz CT molecular complexity index is 593. The van der Waals surface area contributed by atoms with Gasteiger partial charge in [-0.1, -0.05) is 48.6 Å². The highest BCUT2D eigenvalue weighted by Crippen LogP contribution is 2.14. The molecule has 0 atom stereocenters. The number of benzene rings is 2. The van der Waals surface area contributed by atoms with E-state index in [1.807, 2.05) is 24.3 Å². The summed E-state index contributed by atoms with van der Waals surface area (Å²) in [5, 5.41) is 0. The van der Waals surface area contributed by atoms with Gasteiger partial charge in [-0.3, -0.25) is 4.90 Å². The van der Waals surface area contributed by atoms with Crippen LogP contribution in [0.3, 0.4) is 0 Å². The predicted octanol–water partition coefficient (Wildman–Crippen LogP) is 2.96. The van der Waals surface area contributed by atoms with E-state index in [1.165, 1.54) is 11.1 Å². The van der Waals surface area contributed by atoms with Gasteiger partial charge >= 0.3 is 0 Å². The summed E-state index contributed by atoms with van der Waals surface area (Å²) in [5.41, 5.74) is 9.01. The standard InChI is InChI=1S/C17H20N2OS/c1-19(12-14-5-9-16(20-2)10-6-14)11-13-3-7-15(8-4-13)17(18)21/h3-10H,11-12H2,1-2H3,(H2,18,21). The highest BCUT2D eigenvalue weighted by atomic mass is 32.1. The lowest BCUT2D eigenvalue weighted by Crippen LogP contribution is -2.17. The lowest BCUT2D eigenvalue weighted by Gasteiger charge is -2.17. The zero-order valence-corrected chi connectivity index (χ0v) is 13.2. The summed E-state index contributed by atoms with van der Waals surface area (Å²) < 4.78 is 5.17. The van der Waals surface area contributed by atoms with Gasteiger partial charge in [0.05, 0.1) is 7.11 Å². The minimum Gasteiger partial charge on any atom is -0.497 e. The Morgan fingerprint density at radius 1 is 1.00 bits per heavy atom. The fourth-order valence-electron chi connectivity index (χ4n) is 2.18. The van der Waals surface area contributed by atoms with Gasteiger partial charge in [-0.2, -0.15) is 0 Å². The molecule has 0 aliphatic heterocycles. The largest absolute Gasteiger partial charge is 0.497 e. The first-order chi connectivity index (χ1) is 10.1. The molecule has 0 bridgehead atoms. The number of hydrogen-bond donors (Lipinski definition) is 1. The van der Waals surface area contributed by atoms with Crippen LogP contribution in [0.5, 0.6) is 5.75 Å². The van der Waals surface area contributed by atoms with Crippen molar-refractivity contribution in [1.29, 1.82) is 0 Å². The first kappa shape index (κ1) is 15.5. The van der Waals surface area contributed by atoms with E-state index in [4.69, 9.17) is 22.7 Å². The molecule has 2 N–H and O–H groups in total. The maximum Gasteiger partial charge on any atom is 0.118 e. The maximum absolute atomic E-state index is 5.60. The Balaban J connectivity index is 1.94. The van der Waals surface area contributed by atoms with Crippen molar-refractivity contribution in [3.05, 3.63) is 65.2 Å². The summed E-state index contributed by atoms with van der Waals surface area (Å²) >= 11 is 4.96. The molecule has 0 amide bonds. The molecule has 0 saturated carbocycles. The molecule has 2 rings (SSSR count). The fourth-order valence-corrected chi connectivity index (χ4v) is 2.32. The molecule has 110 valence electrons. The Kier molecular flexibility index (Phi) is 5.31. The third-order valence-electron chi connectivity index (χ3n) is 3.30. The molecule has 0 radical (unpaired) electrons. The van der Waals surface area contributed by atoms with Crippen molar-refractivity contribution in [3.8, 4) is 5.75 Å². The second kappa shape index (κ2) is 7.20. The highest BCUT2D eigenvalue weighted by molar-refractivity contribution is 7.80. The van der Waals surface area contributed by atoms with E-state index >= 15 is 0 Å². The van der Waals surface area contributed by atoms with Crippen LogP contribution in [-0.4, -0.2) is 24.0 Å². The van der Waals surface area contributed by atoms with Gasteiger partial charge in [-0.15, -0.1) is 0 Å². The number of methoxy groups -OCH3 is 1. The van der Waals surface area contributed by atoms with Crippen LogP contribution in [-0.2, 0) is 13.1 Å². The molecule has 2 aromatic carbocycles. The normalized spacial score (nSPS) is 10.6. The molecule has 0 saturated heterocycles. The van der Waals surface area contributed by atoms with E-state index in [-0.39, 0.29) is 0 Å². The Morgan fingerprint density at radius 3 is 1.90 bits per heavy atom. The first-order valence-electron chi connectivity index (χ1n) is 6.78. The predicted molar refractivity (Wildman–Crippen MR) is 90.5 cm³/mol. The second-order valence-corrected chi connectivity index (χ2v) is 5.52. The SMILES string of the molecule is COc1ccc(CN(C)Cc2ccc(C(N)=S)cc2)cc1. The number of thiocarbonyl (C=S) groups is 1. The van der Waals surface area contributed by atoms with E-state index in [9.17, 15) is 0 Å². The van der Waals surface area contributed by atoms with Gasteiger partial charge in [-0.25, -0.2) is 0 Å². The summed E-state index contributed by atoms with van der Waals surface area (Å²) in [5.74, 6) is 0.884. The molecule has 0 aromatic heterocycles. The monoisotopic (exact) mass is 300 g/mol. The Hall–Kier alpha value is -1.91. The summed E-state index contributed by atoms with van der Waals surface area (Å²) in [6, 6.07) is 16.2. The van der Waals surface area contributed by atoms with Crippen LogP contribution in [0.4, 0.5) is 0 Å². The summed E-state index contributed by atoms with van der Waals surface area (Å²) in [6.07, 6.45) is 0. The van der Waals surface area contributed by atoms with E-state index in [0.29, 0.717) is 4.99 Å². The summed E-state index contributed by atoms with van der Waals surface area (Å²) in [7, 11) is 3.78. The lowest BCUT2D eigenvalue weighted by molar-refractivity contribution is 0.319.